The van der Waals surface area contributed by atoms with Gasteiger partial charge in [-0.2, -0.15) is 0 Å². The molecular weight excluding hydrogens is 346 g/mol. The molecule has 1 atom stereocenters. The molecule has 2 aliphatic rings. The molecule has 0 N–H and O–H groups in total. The van der Waals surface area contributed by atoms with E-state index >= 15 is 0 Å². The first-order chi connectivity index (χ1) is 12.6. The molecule has 1 aromatic heterocycles. The predicted molar refractivity (Wildman–Crippen MR) is 103 cm³/mol. The summed E-state index contributed by atoms with van der Waals surface area (Å²) in [5, 5.41) is 1.07. The lowest BCUT2D eigenvalue weighted by atomic mass is 9.92. The van der Waals surface area contributed by atoms with E-state index in [4.69, 9.17) is 4.98 Å². The van der Waals surface area contributed by atoms with Gasteiger partial charge in [0.1, 0.15) is 5.01 Å². The van der Waals surface area contributed by atoms with Crippen LogP contribution in [0.4, 0.5) is 0 Å². The van der Waals surface area contributed by atoms with E-state index in [2.05, 4.69) is 11.0 Å². The third-order valence-corrected chi connectivity index (χ3v) is 6.81. The minimum atomic E-state index is 0.0422. The first kappa shape index (κ1) is 17.5. The molecule has 5 nitrogen and oxygen atoms in total. The van der Waals surface area contributed by atoms with E-state index in [-0.39, 0.29) is 23.8 Å². The normalized spacial score (nSPS) is 22.0. The number of piperidine rings is 2. The number of likely N-dealkylation sites (tertiary alicyclic amines) is 2. The SMILES string of the molecule is CC(=O)N1CCC(C(=O)N2CCCC[C@@H]2c2nc3ccccc3s2)CC1. The highest BCUT2D eigenvalue weighted by atomic mass is 32.1. The third kappa shape index (κ3) is 3.34. The van der Waals surface area contributed by atoms with Gasteiger partial charge in [0.05, 0.1) is 16.3 Å². The van der Waals surface area contributed by atoms with Crippen molar-refractivity contribution in [3.05, 3.63) is 29.3 Å². The van der Waals surface area contributed by atoms with Gasteiger partial charge < -0.3 is 9.80 Å². The molecule has 3 heterocycles. The summed E-state index contributed by atoms with van der Waals surface area (Å²) in [6.45, 7) is 3.83. The van der Waals surface area contributed by atoms with Crippen molar-refractivity contribution in [2.45, 2.75) is 45.1 Å². The molecular formula is C20H25N3O2S. The first-order valence-electron chi connectivity index (χ1n) is 9.55. The molecule has 2 fully saturated rings. The summed E-state index contributed by atoms with van der Waals surface area (Å²) < 4.78 is 1.19. The average molecular weight is 372 g/mol. The Labute approximate surface area is 158 Å². The van der Waals surface area contributed by atoms with Crippen molar-refractivity contribution >= 4 is 33.4 Å². The van der Waals surface area contributed by atoms with Crippen LogP contribution < -0.4 is 0 Å². The second-order valence-corrected chi connectivity index (χ2v) is 8.41. The van der Waals surface area contributed by atoms with Crippen LogP contribution in [0.1, 0.15) is 50.1 Å². The van der Waals surface area contributed by atoms with Gasteiger partial charge in [-0.15, -0.1) is 11.3 Å². The van der Waals surface area contributed by atoms with Crippen LogP contribution in [-0.4, -0.2) is 46.2 Å². The Morgan fingerprint density at radius 2 is 1.85 bits per heavy atom. The van der Waals surface area contributed by atoms with Crippen molar-refractivity contribution in [2.75, 3.05) is 19.6 Å². The largest absolute Gasteiger partial charge is 0.343 e. The molecule has 2 amide bonds. The van der Waals surface area contributed by atoms with Crippen LogP contribution in [-0.2, 0) is 9.59 Å². The minimum Gasteiger partial charge on any atom is -0.343 e. The number of para-hydroxylation sites is 1. The number of carbonyl (C=O) groups is 2. The summed E-state index contributed by atoms with van der Waals surface area (Å²) in [6, 6.07) is 8.31. The third-order valence-electron chi connectivity index (χ3n) is 5.67. The van der Waals surface area contributed by atoms with Crippen molar-refractivity contribution in [1.82, 2.24) is 14.8 Å². The number of fused-ring (bicyclic) bond motifs is 1. The number of carbonyl (C=O) groups excluding carboxylic acids is 2. The summed E-state index contributed by atoms with van der Waals surface area (Å²) in [4.78, 5) is 33.5. The van der Waals surface area contributed by atoms with E-state index in [0.29, 0.717) is 13.1 Å². The maximum absolute atomic E-state index is 13.2. The van der Waals surface area contributed by atoms with E-state index in [0.717, 1.165) is 49.2 Å². The number of benzene rings is 1. The molecule has 1 aromatic carbocycles. The molecule has 138 valence electrons. The number of rotatable bonds is 2. The molecule has 2 aliphatic heterocycles. The van der Waals surface area contributed by atoms with Crippen LogP contribution in [0, 0.1) is 5.92 Å². The van der Waals surface area contributed by atoms with Gasteiger partial charge in [-0.3, -0.25) is 9.59 Å². The quantitative estimate of drug-likeness (QED) is 0.810. The van der Waals surface area contributed by atoms with E-state index in [9.17, 15) is 9.59 Å². The highest BCUT2D eigenvalue weighted by Crippen LogP contribution is 2.37. The molecule has 0 spiro atoms. The maximum atomic E-state index is 13.2. The van der Waals surface area contributed by atoms with Gasteiger partial charge in [-0.1, -0.05) is 12.1 Å². The van der Waals surface area contributed by atoms with E-state index < -0.39 is 0 Å². The average Bonchev–Trinajstić information content (AvgIpc) is 3.11. The van der Waals surface area contributed by atoms with Gasteiger partial charge in [0.15, 0.2) is 0 Å². The van der Waals surface area contributed by atoms with Gasteiger partial charge >= 0.3 is 0 Å². The highest BCUT2D eigenvalue weighted by molar-refractivity contribution is 7.18. The lowest BCUT2D eigenvalue weighted by Crippen LogP contribution is -2.46. The Hall–Kier alpha value is -1.95. The van der Waals surface area contributed by atoms with Crippen LogP contribution in [0.5, 0.6) is 0 Å². The summed E-state index contributed by atoms with van der Waals surface area (Å²) in [5.74, 6) is 0.416. The Morgan fingerprint density at radius 3 is 2.58 bits per heavy atom. The van der Waals surface area contributed by atoms with E-state index in [1.807, 2.05) is 23.1 Å². The molecule has 0 saturated carbocycles. The fourth-order valence-electron chi connectivity index (χ4n) is 4.16. The van der Waals surface area contributed by atoms with Crippen molar-refractivity contribution < 1.29 is 9.59 Å². The zero-order chi connectivity index (χ0) is 18.1. The number of aromatic nitrogens is 1. The number of hydrogen-bond acceptors (Lipinski definition) is 4. The van der Waals surface area contributed by atoms with Crippen LogP contribution in [0.25, 0.3) is 10.2 Å². The van der Waals surface area contributed by atoms with Crippen molar-refractivity contribution in [2.24, 2.45) is 5.92 Å². The molecule has 0 radical (unpaired) electrons. The van der Waals surface area contributed by atoms with Gasteiger partial charge in [-0.05, 0) is 44.2 Å². The van der Waals surface area contributed by atoms with Crippen molar-refractivity contribution in [1.29, 1.82) is 0 Å². The molecule has 2 saturated heterocycles. The second kappa shape index (κ2) is 7.35. The van der Waals surface area contributed by atoms with Crippen LogP contribution >= 0.6 is 11.3 Å². The first-order valence-corrected chi connectivity index (χ1v) is 10.4. The molecule has 0 unspecified atom stereocenters. The Balaban J connectivity index is 1.52. The zero-order valence-electron chi connectivity index (χ0n) is 15.2. The van der Waals surface area contributed by atoms with Gasteiger partial charge in [0.2, 0.25) is 11.8 Å². The standard InChI is InChI=1S/C20H25N3O2S/c1-14(24)22-12-9-15(10-13-22)20(25)23-11-5-4-7-17(23)19-21-16-6-2-3-8-18(16)26-19/h2-3,6,8,15,17H,4-5,7,9-13H2,1H3/t17-/m1/s1. The van der Waals surface area contributed by atoms with Crippen LogP contribution in [0.2, 0.25) is 0 Å². The van der Waals surface area contributed by atoms with E-state index in [1.54, 1.807) is 18.3 Å². The number of nitrogens with zero attached hydrogens (tertiary/aromatic N) is 3. The monoisotopic (exact) mass is 371 g/mol. The van der Waals surface area contributed by atoms with Crippen LogP contribution in [0.15, 0.2) is 24.3 Å². The lowest BCUT2D eigenvalue weighted by molar-refractivity contribution is -0.143. The Morgan fingerprint density at radius 1 is 1.08 bits per heavy atom. The van der Waals surface area contributed by atoms with Crippen molar-refractivity contribution in [3.63, 3.8) is 0 Å². The molecule has 6 heteroatoms. The van der Waals surface area contributed by atoms with Gasteiger partial charge in [0, 0.05) is 32.5 Å². The van der Waals surface area contributed by atoms with E-state index in [1.165, 1.54) is 4.70 Å². The molecule has 0 aliphatic carbocycles. The van der Waals surface area contributed by atoms with Crippen molar-refractivity contribution in [3.8, 4) is 0 Å². The maximum Gasteiger partial charge on any atom is 0.226 e. The molecule has 0 bridgehead atoms. The summed E-state index contributed by atoms with van der Waals surface area (Å²) in [6.07, 6.45) is 4.77. The molecule has 2 aromatic rings. The minimum absolute atomic E-state index is 0.0422. The van der Waals surface area contributed by atoms with Gasteiger partial charge in [0.25, 0.3) is 0 Å². The number of hydrogen-bond donors (Lipinski definition) is 0. The Kier molecular flexibility index (Phi) is 4.94. The smallest absolute Gasteiger partial charge is 0.226 e. The highest BCUT2D eigenvalue weighted by Gasteiger charge is 2.35. The van der Waals surface area contributed by atoms with Gasteiger partial charge in [-0.25, -0.2) is 4.98 Å². The number of amides is 2. The molecule has 4 rings (SSSR count). The second-order valence-electron chi connectivity index (χ2n) is 7.34. The van der Waals surface area contributed by atoms with Crippen LogP contribution in [0.3, 0.4) is 0 Å². The Bertz CT molecular complexity index is 777. The summed E-state index contributed by atoms with van der Waals surface area (Å²) in [5.41, 5.74) is 1.03. The fourth-order valence-corrected chi connectivity index (χ4v) is 5.28. The topological polar surface area (TPSA) is 53.5 Å². The zero-order valence-corrected chi connectivity index (χ0v) is 16.0. The molecule has 26 heavy (non-hydrogen) atoms. The lowest BCUT2D eigenvalue weighted by Gasteiger charge is -2.39. The summed E-state index contributed by atoms with van der Waals surface area (Å²) >= 11 is 1.72. The fraction of sp³-hybridized carbons (Fsp3) is 0.550. The number of thiazole rings is 1. The summed E-state index contributed by atoms with van der Waals surface area (Å²) in [7, 11) is 0. The predicted octanol–water partition coefficient (Wildman–Crippen LogP) is 3.61.